The maximum absolute atomic E-state index is 10.6. The van der Waals surface area contributed by atoms with Gasteiger partial charge in [-0.05, 0) is 37.3 Å². The molecule has 0 saturated heterocycles. The minimum Gasteiger partial charge on any atom is -0.496 e. The van der Waals surface area contributed by atoms with Gasteiger partial charge < -0.3 is 24.4 Å². The van der Waals surface area contributed by atoms with Crippen LogP contribution in [0.2, 0.25) is 0 Å². The normalized spacial score (nSPS) is 11.1. The zero-order valence-electron chi connectivity index (χ0n) is 19.8. The highest BCUT2D eigenvalue weighted by atomic mass is 19.4. The Morgan fingerprint density at radius 1 is 1.00 bits per heavy atom. The molecule has 14 heteroatoms. The second-order valence-corrected chi connectivity index (χ2v) is 7.31. The second kappa shape index (κ2) is 11.5. The van der Waals surface area contributed by atoms with Crippen LogP contribution in [0.15, 0.2) is 36.4 Å². The number of methoxy groups -OCH3 is 2. The van der Waals surface area contributed by atoms with Crippen molar-refractivity contribution in [2.24, 2.45) is 0 Å². The van der Waals surface area contributed by atoms with Gasteiger partial charge >= 0.3 is 12.1 Å². The van der Waals surface area contributed by atoms with Crippen molar-refractivity contribution in [2.75, 3.05) is 32.8 Å². The molecule has 0 aliphatic carbocycles. The topological polar surface area (TPSA) is 149 Å². The zero-order chi connectivity index (χ0) is 27.2. The number of hydrogen-bond donors (Lipinski definition) is 3. The number of aromatic nitrogens is 4. The lowest BCUT2D eigenvalue weighted by atomic mass is 10.2. The zero-order valence-corrected chi connectivity index (χ0v) is 19.8. The Kier molecular flexibility index (Phi) is 8.45. The molecule has 0 unspecified atom stereocenters. The van der Waals surface area contributed by atoms with Crippen LogP contribution in [-0.2, 0) is 9.53 Å². The van der Waals surface area contributed by atoms with E-state index in [4.69, 9.17) is 24.1 Å². The molecule has 0 amide bonds. The summed E-state index contributed by atoms with van der Waals surface area (Å²) in [7, 11) is 3.16. The number of benzene rings is 2. The molecular formula is C23H22F3N5O6. The van der Waals surface area contributed by atoms with Crippen molar-refractivity contribution in [3.8, 4) is 17.4 Å². The van der Waals surface area contributed by atoms with Crippen LogP contribution in [-0.4, -0.2) is 69.7 Å². The van der Waals surface area contributed by atoms with Gasteiger partial charge in [-0.2, -0.15) is 18.2 Å². The van der Waals surface area contributed by atoms with E-state index in [1.54, 1.807) is 25.3 Å². The van der Waals surface area contributed by atoms with E-state index in [-0.39, 0.29) is 11.8 Å². The number of aryl methyl sites for hydroxylation is 1. The van der Waals surface area contributed by atoms with Crippen molar-refractivity contribution in [1.82, 2.24) is 19.9 Å². The number of hydrogen-bond acceptors (Lipinski definition) is 10. The summed E-state index contributed by atoms with van der Waals surface area (Å²) in [6.45, 7) is 2.87. The van der Waals surface area contributed by atoms with Crippen LogP contribution >= 0.6 is 0 Å². The molecule has 2 heterocycles. The molecule has 11 nitrogen and oxygen atoms in total. The van der Waals surface area contributed by atoms with Crippen LogP contribution < -0.4 is 14.8 Å². The lowest BCUT2D eigenvalue weighted by molar-refractivity contribution is -0.192. The van der Waals surface area contributed by atoms with Crippen LogP contribution in [0.5, 0.6) is 17.4 Å². The van der Waals surface area contributed by atoms with Crippen LogP contribution in [0.4, 0.5) is 25.1 Å². The van der Waals surface area contributed by atoms with E-state index >= 15 is 0 Å². The molecule has 0 aliphatic rings. The number of fused-ring (bicyclic) bond motifs is 2. The standard InChI is InChI=1S/C21H21N5O4.C2HF3O2/c1-12-14-11-13(30-10-9-28-2)7-8-15(14)23-20(22-12)26-21-24-16-5-4-6-17(29-3)18(16)19(27)25-21;3-2(4,5)1(6)7/h4-8,11H,9-10H2,1-3H3,(H2,22,23,24,25,26,27);(H,6,7). The van der Waals surface area contributed by atoms with Gasteiger partial charge in [0.2, 0.25) is 17.8 Å². The van der Waals surface area contributed by atoms with Crippen molar-refractivity contribution >= 4 is 39.7 Å². The van der Waals surface area contributed by atoms with E-state index in [9.17, 15) is 18.3 Å². The van der Waals surface area contributed by atoms with Gasteiger partial charge in [-0.1, -0.05) is 6.07 Å². The molecule has 0 saturated carbocycles. The van der Waals surface area contributed by atoms with Crippen LogP contribution in [0.25, 0.3) is 21.8 Å². The quantitative estimate of drug-likeness (QED) is 0.303. The SMILES string of the molecule is COCCOc1ccc2nc(Nc3nc(O)c4c(OC)cccc4n3)nc(C)c2c1.O=C(O)C(F)(F)F. The largest absolute Gasteiger partial charge is 0.496 e. The van der Waals surface area contributed by atoms with Gasteiger partial charge in [0.25, 0.3) is 0 Å². The summed E-state index contributed by atoms with van der Waals surface area (Å²) < 4.78 is 47.7. The fourth-order valence-corrected chi connectivity index (χ4v) is 3.11. The first kappa shape index (κ1) is 27.1. The molecule has 3 N–H and O–H groups in total. The van der Waals surface area contributed by atoms with E-state index in [1.807, 2.05) is 25.1 Å². The number of aliphatic carboxylic acids is 1. The number of anilines is 2. The Bertz CT molecular complexity index is 1420. The predicted octanol–water partition coefficient (Wildman–Crippen LogP) is 4.00. The summed E-state index contributed by atoms with van der Waals surface area (Å²) in [5, 5.41) is 21.8. The van der Waals surface area contributed by atoms with E-state index in [1.165, 1.54) is 7.11 Å². The Morgan fingerprint density at radius 2 is 1.68 bits per heavy atom. The average Bonchev–Trinajstić information content (AvgIpc) is 2.84. The summed E-state index contributed by atoms with van der Waals surface area (Å²) >= 11 is 0. The van der Waals surface area contributed by atoms with E-state index in [0.29, 0.717) is 35.8 Å². The van der Waals surface area contributed by atoms with Crippen molar-refractivity contribution < 1.29 is 42.4 Å². The molecule has 0 fully saturated rings. The van der Waals surface area contributed by atoms with E-state index < -0.39 is 12.1 Å². The van der Waals surface area contributed by atoms with Gasteiger partial charge in [0.05, 0.1) is 30.4 Å². The first-order valence-corrected chi connectivity index (χ1v) is 10.5. The third-order valence-corrected chi connectivity index (χ3v) is 4.77. The Labute approximate surface area is 207 Å². The third kappa shape index (κ3) is 6.82. The smallest absolute Gasteiger partial charge is 0.490 e. The molecule has 0 aliphatic heterocycles. The summed E-state index contributed by atoms with van der Waals surface area (Å²) in [6, 6.07) is 10.9. The molecule has 0 radical (unpaired) electrons. The number of carbonyl (C=O) groups is 1. The molecule has 4 rings (SSSR count). The van der Waals surface area contributed by atoms with Crippen LogP contribution in [0.3, 0.4) is 0 Å². The Morgan fingerprint density at radius 3 is 2.32 bits per heavy atom. The van der Waals surface area contributed by atoms with Crippen molar-refractivity contribution in [1.29, 1.82) is 0 Å². The predicted molar refractivity (Wildman–Crippen MR) is 126 cm³/mol. The molecule has 37 heavy (non-hydrogen) atoms. The highest BCUT2D eigenvalue weighted by Gasteiger charge is 2.38. The molecule has 4 aromatic rings. The number of halogens is 3. The maximum atomic E-state index is 10.6. The highest BCUT2D eigenvalue weighted by molar-refractivity contribution is 5.90. The molecular weight excluding hydrogens is 499 g/mol. The molecule has 2 aromatic heterocycles. The van der Waals surface area contributed by atoms with Gasteiger partial charge in [-0.25, -0.2) is 19.7 Å². The molecule has 2 aromatic carbocycles. The summed E-state index contributed by atoms with van der Waals surface area (Å²) in [4.78, 5) is 26.5. The number of aromatic hydroxyl groups is 1. The fourth-order valence-electron chi connectivity index (χ4n) is 3.11. The number of ether oxygens (including phenoxy) is 3. The minimum atomic E-state index is -5.08. The molecule has 0 bridgehead atoms. The van der Waals surface area contributed by atoms with Crippen molar-refractivity contribution in [3.05, 3.63) is 42.1 Å². The van der Waals surface area contributed by atoms with Crippen molar-refractivity contribution in [2.45, 2.75) is 13.1 Å². The van der Waals surface area contributed by atoms with E-state index in [2.05, 4.69) is 25.3 Å². The monoisotopic (exact) mass is 521 g/mol. The number of nitrogens with zero attached hydrogens (tertiary/aromatic N) is 4. The summed E-state index contributed by atoms with van der Waals surface area (Å²) in [5.41, 5.74) is 2.06. The van der Waals surface area contributed by atoms with Gasteiger partial charge in [0.1, 0.15) is 23.5 Å². The molecule has 0 spiro atoms. The van der Waals surface area contributed by atoms with Gasteiger partial charge in [0, 0.05) is 12.5 Å². The van der Waals surface area contributed by atoms with Crippen molar-refractivity contribution in [3.63, 3.8) is 0 Å². The number of carboxylic acids is 1. The first-order chi connectivity index (χ1) is 17.5. The third-order valence-electron chi connectivity index (χ3n) is 4.77. The number of rotatable bonds is 7. The first-order valence-electron chi connectivity index (χ1n) is 10.5. The van der Waals surface area contributed by atoms with Crippen LogP contribution in [0.1, 0.15) is 5.69 Å². The number of alkyl halides is 3. The molecule has 0 atom stereocenters. The van der Waals surface area contributed by atoms with Gasteiger partial charge in [0.15, 0.2) is 0 Å². The molecule has 196 valence electrons. The van der Waals surface area contributed by atoms with Gasteiger partial charge in [-0.15, -0.1) is 0 Å². The Balaban J connectivity index is 0.000000479. The van der Waals surface area contributed by atoms with Gasteiger partial charge in [-0.3, -0.25) is 5.32 Å². The highest BCUT2D eigenvalue weighted by Crippen LogP contribution is 2.32. The lowest BCUT2D eigenvalue weighted by Gasteiger charge is -2.11. The minimum absolute atomic E-state index is 0.185. The summed E-state index contributed by atoms with van der Waals surface area (Å²) in [6.07, 6.45) is -5.08. The van der Waals surface area contributed by atoms with Crippen LogP contribution in [0, 0.1) is 6.92 Å². The van der Waals surface area contributed by atoms with E-state index in [0.717, 1.165) is 22.3 Å². The average molecular weight is 521 g/mol. The summed E-state index contributed by atoms with van der Waals surface area (Å²) in [5.74, 6) is -1.20. The second-order valence-electron chi connectivity index (χ2n) is 7.31. The maximum Gasteiger partial charge on any atom is 0.490 e. The fraction of sp³-hybridized carbons (Fsp3) is 0.261. The Hall–Kier alpha value is -4.46. The lowest BCUT2D eigenvalue weighted by Crippen LogP contribution is -2.21. The number of nitrogens with one attached hydrogen (secondary N) is 1. The number of carboxylic acid groups (broad SMARTS) is 1.